The van der Waals surface area contributed by atoms with Gasteiger partial charge in [0.2, 0.25) is 0 Å². The zero-order chi connectivity index (χ0) is 14.2. The van der Waals surface area contributed by atoms with Gasteiger partial charge >= 0.3 is 0 Å². The zero-order valence-electron chi connectivity index (χ0n) is 11.3. The maximum Gasteiger partial charge on any atom is 0.123 e. The Balaban J connectivity index is 1.80. The smallest absolute Gasteiger partial charge is 0.123 e. The highest BCUT2D eigenvalue weighted by atomic mass is 19.1. The third-order valence-electron chi connectivity index (χ3n) is 3.21. The van der Waals surface area contributed by atoms with Gasteiger partial charge in [0.25, 0.3) is 0 Å². The van der Waals surface area contributed by atoms with Crippen LogP contribution in [0.15, 0.2) is 54.6 Å². The Morgan fingerprint density at radius 2 is 1.85 bits per heavy atom. The number of aliphatic hydroxyl groups excluding tert-OH is 1. The molecule has 0 aliphatic heterocycles. The van der Waals surface area contributed by atoms with Gasteiger partial charge in [-0.15, -0.1) is 0 Å². The zero-order valence-corrected chi connectivity index (χ0v) is 11.3. The van der Waals surface area contributed by atoms with E-state index in [4.69, 9.17) is 4.74 Å². The van der Waals surface area contributed by atoms with E-state index in [1.807, 2.05) is 36.4 Å². The molecule has 0 aliphatic carbocycles. The summed E-state index contributed by atoms with van der Waals surface area (Å²) in [6.07, 6.45) is 1.40. The first-order chi connectivity index (χ1) is 9.78. The van der Waals surface area contributed by atoms with E-state index in [2.05, 4.69) is 0 Å². The molecule has 0 spiro atoms. The highest BCUT2D eigenvalue weighted by Gasteiger charge is 2.09. The lowest BCUT2D eigenvalue weighted by Crippen LogP contribution is -2.14. The van der Waals surface area contributed by atoms with Crippen LogP contribution in [0.5, 0.6) is 5.75 Å². The molecule has 2 rings (SSSR count). The Kier molecular flexibility index (Phi) is 5.56. The van der Waals surface area contributed by atoms with Crippen LogP contribution in [0.4, 0.5) is 4.39 Å². The fourth-order valence-corrected chi connectivity index (χ4v) is 2.12. The molecule has 1 unspecified atom stereocenters. The fraction of sp³-hybridized carbons (Fsp3) is 0.294. The molecule has 0 heterocycles. The number of ether oxygens (including phenoxy) is 1. The molecule has 1 N–H and O–H groups in total. The quantitative estimate of drug-likeness (QED) is 0.838. The summed E-state index contributed by atoms with van der Waals surface area (Å²) in [6, 6.07) is 16.1. The number of hydrogen-bond donors (Lipinski definition) is 1. The molecule has 0 saturated heterocycles. The SMILES string of the molecule is OCC(CCOc1ccccc1)Cc1cccc(F)c1. The molecule has 0 saturated carbocycles. The summed E-state index contributed by atoms with van der Waals surface area (Å²) in [5.41, 5.74) is 0.906. The lowest BCUT2D eigenvalue weighted by Gasteiger charge is -2.15. The molecular formula is C17H19FO2. The summed E-state index contributed by atoms with van der Waals surface area (Å²) in [5, 5.41) is 9.40. The maximum absolute atomic E-state index is 13.1. The Morgan fingerprint density at radius 1 is 1.05 bits per heavy atom. The van der Waals surface area contributed by atoms with Gasteiger partial charge < -0.3 is 9.84 Å². The minimum atomic E-state index is -0.236. The van der Waals surface area contributed by atoms with Gasteiger partial charge in [0.05, 0.1) is 6.61 Å². The Hall–Kier alpha value is -1.87. The minimum Gasteiger partial charge on any atom is -0.494 e. The van der Waals surface area contributed by atoms with Crippen molar-refractivity contribution in [3.05, 3.63) is 66.0 Å². The van der Waals surface area contributed by atoms with Crippen molar-refractivity contribution >= 4 is 0 Å². The lowest BCUT2D eigenvalue weighted by molar-refractivity contribution is 0.190. The van der Waals surface area contributed by atoms with E-state index >= 15 is 0 Å². The first-order valence-corrected chi connectivity index (χ1v) is 6.81. The summed E-state index contributed by atoms with van der Waals surface area (Å²) in [7, 11) is 0. The van der Waals surface area contributed by atoms with E-state index in [9.17, 15) is 9.50 Å². The lowest BCUT2D eigenvalue weighted by atomic mass is 9.97. The Morgan fingerprint density at radius 3 is 2.55 bits per heavy atom. The maximum atomic E-state index is 13.1. The van der Waals surface area contributed by atoms with Gasteiger partial charge in [-0.2, -0.15) is 0 Å². The van der Waals surface area contributed by atoms with Crippen LogP contribution in [0.25, 0.3) is 0 Å². The predicted octanol–water partition coefficient (Wildman–Crippen LogP) is 3.45. The van der Waals surface area contributed by atoms with Crippen molar-refractivity contribution in [2.45, 2.75) is 12.8 Å². The number of halogens is 1. The molecule has 0 aromatic heterocycles. The minimum absolute atomic E-state index is 0.0780. The summed E-state index contributed by atoms with van der Waals surface area (Å²) >= 11 is 0. The number of benzene rings is 2. The van der Waals surface area contributed by atoms with Gasteiger partial charge in [-0.25, -0.2) is 4.39 Å². The van der Waals surface area contributed by atoms with E-state index in [-0.39, 0.29) is 18.3 Å². The average molecular weight is 274 g/mol. The standard InChI is InChI=1S/C17H19FO2/c18-16-6-4-5-14(12-16)11-15(13-19)9-10-20-17-7-2-1-3-8-17/h1-8,12,15,19H,9-11,13H2. The summed E-state index contributed by atoms with van der Waals surface area (Å²) in [6.45, 7) is 0.624. The molecule has 0 bridgehead atoms. The predicted molar refractivity (Wildman–Crippen MR) is 77.2 cm³/mol. The van der Waals surface area contributed by atoms with E-state index in [1.54, 1.807) is 6.07 Å². The molecule has 2 aromatic rings. The van der Waals surface area contributed by atoms with Gasteiger partial charge in [0.15, 0.2) is 0 Å². The number of para-hydroxylation sites is 1. The largest absolute Gasteiger partial charge is 0.494 e. The van der Waals surface area contributed by atoms with Gasteiger partial charge in [0, 0.05) is 6.61 Å². The highest BCUT2D eigenvalue weighted by Crippen LogP contribution is 2.15. The summed E-state index contributed by atoms with van der Waals surface area (Å²) < 4.78 is 18.7. The van der Waals surface area contributed by atoms with Crippen molar-refractivity contribution in [3.8, 4) is 5.75 Å². The molecule has 2 aromatic carbocycles. The van der Waals surface area contributed by atoms with Crippen LogP contribution in [-0.4, -0.2) is 18.3 Å². The third-order valence-corrected chi connectivity index (χ3v) is 3.21. The molecule has 0 aliphatic rings. The Bertz CT molecular complexity index is 513. The van der Waals surface area contributed by atoms with Crippen molar-refractivity contribution in [2.24, 2.45) is 5.92 Å². The average Bonchev–Trinajstić information content (AvgIpc) is 2.47. The van der Waals surface area contributed by atoms with Crippen LogP contribution in [0.2, 0.25) is 0 Å². The second-order valence-corrected chi connectivity index (χ2v) is 4.83. The first-order valence-electron chi connectivity index (χ1n) is 6.81. The van der Waals surface area contributed by atoms with Crippen molar-refractivity contribution in [2.75, 3.05) is 13.2 Å². The van der Waals surface area contributed by atoms with Crippen molar-refractivity contribution < 1.29 is 14.2 Å². The molecule has 106 valence electrons. The van der Waals surface area contributed by atoms with Gasteiger partial charge in [-0.3, -0.25) is 0 Å². The fourth-order valence-electron chi connectivity index (χ4n) is 2.12. The molecule has 1 atom stereocenters. The summed E-state index contributed by atoms with van der Waals surface area (Å²) in [4.78, 5) is 0. The molecule has 0 amide bonds. The normalized spacial score (nSPS) is 12.1. The van der Waals surface area contributed by atoms with Crippen LogP contribution in [0.3, 0.4) is 0 Å². The van der Waals surface area contributed by atoms with Crippen molar-refractivity contribution in [3.63, 3.8) is 0 Å². The van der Waals surface area contributed by atoms with E-state index < -0.39 is 0 Å². The molecule has 0 fully saturated rings. The number of aliphatic hydroxyl groups is 1. The van der Waals surface area contributed by atoms with E-state index in [0.717, 1.165) is 17.7 Å². The topological polar surface area (TPSA) is 29.5 Å². The Labute approximate surface area is 118 Å². The van der Waals surface area contributed by atoms with Crippen molar-refractivity contribution in [1.82, 2.24) is 0 Å². The second-order valence-electron chi connectivity index (χ2n) is 4.83. The summed E-state index contributed by atoms with van der Waals surface area (Å²) in [5.74, 6) is 0.676. The molecule has 2 nitrogen and oxygen atoms in total. The highest BCUT2D eigenvalue weighted by molar-refractivity contribution is 5.21. The van der Waals surface area contributed by atoms with Crippen molar-refractivity contribution in [1.29, 1.82) is 0 Å². The molecular weight excluding hydrogens is 255 g/mol. The van der Waals surface area contributed by atoms with E-state index in [0.29, 0.717) is 13.0 Å². The van der Waals surface area contributed by atoms with E-state index in [1.165, 1.54) is 12.1 Å². The van der Waals surface area contributed by atoms with Gasteiger partial charge in [0.1, 0.15) is 11.6 Å². The number of rotatable bonds is 7. The number of hydrogen-bond acceptors (Lipinski definition) is 2. The molecule has 0 radical (unpaired) electrons. The van der Waals surface area contributed by atoms with Crippen LogP contribution >= 0.6 is 0 Å². The first kappa shape index (κ1) is 14.5. The van der Waals surface area contributed by atoms with Gasteiger partial charge in [-0.1, -0.05) is 30.3 Å². The van der Waals surface area contributed by atoms with Crippen LogP contribution in [0.1, 0.15) is 12.0 Å². The third kappa shape index (κ3) is 4.67. The van der Waals surface area contributed by atoms with Crippen LogP contribution in [0, 0.1) is 11.7 Å². The van der Waals surface area contributed by atoms with Crippen LogP contribution < -0.4 is 4.74 Å². The molecule has 20 heavy (non-hydrogen) atoms. The van der Waals surface area contributed by atoms with Crippen LogP contribution in [-0.2, 0) is 6.42 Å². The monoisotopic (exact) mass is 274 g/mol. The van der Waals surface area contributed by atoms with Gasteiger partial charge in [-0.05, 0) is 48.6 Å². The second kappa shape index (κ2) is 7.65. The molecule has 3 heteroatoms.